The van der Waals surface area contributed by atoms with Crippen molar-refractivity contribution in [2.24, 2.45) is 5.41 Å². The normalized spacial score (nSPS) is 33.0. The number of benzene rings is 1. The SMILES string of the molecule is [B]C1(O)C([B])(O)C1([B])N1C(=C)C(C(=C)O)=CC2=C1c1cc(Cl)c(OCCCOC)cc1OC2C1(C)COC1. The fraction of sp³-hybridized carbons (Fsp3) is 0.462. The van der Waals surface area contributed by atoms with Gasteiger partial charge >= 0.3 is 0 Å². The van der Waals surface area contributed by atoms with E-state index in [-0.39, 0.29) is 22.1 Å². The summed E-state index contributed by atoms with van der Waals surface area (Å²) in [6.45, 7) is 11.4. The highest BCUT2D eigenvalue weighted by Crippen LogP contribution is 2.62. The number of hydrogen-bond donors (Lipinski definition) is 3. The van der Waals surface area contributed by atoms with Crippen LogP contribution in [-0.2, 0) is 9.47 Å². The Hall–Kier alpha value is -2.30. The highest BCUT2D eigenvalue weighted by atomic mass is 35.5. The number of aliphatic hydroxyl groups excluding tert-OH is 1. The van der Waals surface area contributed by atoms with Gasteiger partial charge in [-0.05, 0) is 12.1 Å². The van der Waals surface area contributed by atoms with Crippen LogP contribution < -0.4 is 9.47 Å². The molecule has 2 fully saturated rings. The average molecular weight is 533 g/mol. The topological polar surface area (TPSA) is 101 Å². The largest absolute Gasteiger partial charge is 0.508 e. The molecule has 0 spiro atoms. The van der Waals surface area contributed by atoms with E-state index in [4.69, 9.17) is 54.1 Å². The van der Waals surface area contributed by atoms with E-state index in [1.54, 1.807) is 25.3 Å². The van der Waals surface area contributed by atoms with Crippen LogP contribution in [0.25, 0.3) is 5.70 Å². The Morgan fingerprint density at radius 3 is 2.39 bits per heavy atom. The molecular weight excluding hydrogens is 506 g/mol. The summed E-state index contributed by atoms with van der Waals surface area (Å²) in [5, 5.41) is 32.5. The highest BCUT2D eigenvalue weighted by molar-refractivity contribution is 6.44. The summed E-state index contributed by atoms with van der Waals surface area (Å²) in [4.78, 5) is 1.34. The first-order valence-electron chi connectivity index (χ1n) is 12.1. The monoisotopic (exact) mass is 533 g/mol. The highest BCUT2D eigenvalue weighted by Gasteiger charge is 2.81. The summed E-state index contributed by atoms with van der Waals surface area (Å²) in [6, 6.07) is 3.31. The van der Waals surface area contributed by atoms with Crippen LogP contribution in [0.4, 0.5) is 0 Å². The van der Waals surface area contributed by atoms with Crippen molar-refractivity contribution in [1.82, 2.24) is 4.90 Å². The third-order valence-corrected chi connectivity index (χ3v) is 8.08. The third kappa shape index (κ3) is 3.55. The molecule has 0 amide bonds. The van der Waals surface area contributed by atoms with Gasteiger partial charge in [-0.1, -0.05) is 31.7 Å². The number of aliphatic hydroxyl groups is 3. The van der Waals surface area contributed by atoms with E-state index in [1.165, 1.54) is 4.90 Å². The van der Waals surface area contributed by atoms with Crippen molar-refractivity contribution in [3.05, 3.63) is 64.6 Å². The predicted octanol–water partition coefficient (Wildman–Crippen LogP) is 1.68. The van der Waals surface area contributed by atoms with E-state index in [2.05, 4.69) is 13.2 Å². The first kappa shape index (κ1) is 27.3. The van der Waals surface area contributed by atoms with E-state index in [9.17, 15) is 15.3 Å². The van der Waals surface area contributed by atoms with Gasteiger partial charge in [0, 0.05) is 54.0 Å². The van der Waals surface area contributed by atoms with Gasteiger partial charge < -0.3 is 39.2 Å². The Bertz CT molecular complexity index is 1270. The summed E-state index contributed by atoms with van der Waals surface area (Å²) in [7, 11) is 20.2. The van der Waals surface area contributed by atoms with Crippen LogP contribution in [0, 0.1) is 5.41 Å². The molecule has 1 aliphatic carbocycles. The molecule has 4 aliphatic rings. The number of fused-ring (bicyclic) bond motifs is 2. The molecular formula is C26H27B3ClNO7. The molecule has 1 saturated carbocycles. The lowest BCUT2D eigenvalue weighted by molar-refractivity contribution is -0.143. The van der Waals surface area contributed by atoms with Crippen molar-refractivity contribution in [3.8, 4) is 11.5 Å². The lowest BCUT2D eigenvalue weighted by Gasteiger charge is -2.51. The van der Waals surface area contributed by atoms with Gasteiger partial charge in [-0.25, -0.2) is 0 Å². The van der Waals surface area contributed by atoms with Crippen LogP contribution in [0.5, 0.6) is 11.5 Å². The lowest BCUT2D eigenvalue weighted by atomic mass is 9.71. The molecule has 1 aromatic rings. The zero-order chi connectivity index (χ0) is 27.8. The summed E-state index contributed by atoms with van der Waals surface area (Å²) in [5.41, 5.74) is -5.73. The van der Waals surface area contributed by atoms with E-state index >= 15 is 0 Å². The van der Waals surface area contributed by atoms with Crippen LogP contribution in [-0.4, -0.2) is 99.8 Å². The molecule has 6 radical (unpaired) electrons. The molecule has 1 aromatic carbocycles. The maximum atomic E-state index is 10.9. The Labute approximate surface area is 230 Å². The molecule has 5 rings (SSSR count). The fourth-order valence-electron chi connectivity index (χ4n) is 5.33. The molecule has 1 saturated heterocycles. The number of rotatable bonds is 8. The Morgan fingerprint density at radius 2 is 1.87 bits per heavy atom. The van der Waals surface area contributed by atoms with Crippen LogP contribution in [0.15, 0.2) is 54.0 Å². The van der Waals surface area contributed by atoms with Crippen molar-refractivity contribution < 1.29 is 34.3 Å². The molecule has 3 unspecified atom stereocenters. The average Bonchev–Trinajstić information content (AvgIpc) is 3.15. The zero-order valence-electron chi connectivity index (χ0n) is 21.3. The number of nitrogens with zero attached hydrogens (tertiary/aromatic N) is 1. The van der Waals surface area contributed by atoms with Gasteiger partial charge in [0.1, 0.15) is 46.9 Å². The van der Waals surface area contributed by atoms with Crippen molar-refractivity contribution >= 4 is 40.8 Å². The summed E-state index contributed by atoms with van der Waals surface area (Å²) in [5.74, 6) is 0.505. The van der Waals surface area contributed by atoms with Gasteiger partial charge in [0.2, 0.25) is 0 Å². The molecule has 0 aromatic heterocycles. The maximum absolute atomic E-state index is 10.9. The summed E-state index contributed by atoms with van der Waals surface area (Å²) >= 11 is 6.63. The molecule has 0 bridgehead atoms. The van der Waals surface area contributed by atoms with Gasteiger partial charge in [-0.15, -0.1) is 0 Å². The van der Waals surface area contributed by atoms with Gasteiger partial charge in [-0.2, -0.15) is 0 Å². The smallest absolute Gasteiger partial charge is 0.141 e. The molecule has 194 valence electrons. The molecule has 3 aliphatic heterocycles. The first-order valence-corrected chi connectivity index (χ1v) is 12.5. The zero-order valence-corrected chi connectivity index (χ0v) is 22.0. The van der Waals surface area contributed by atoms with E-state index in [1.807, 2.05) is 6.92 Å². The number of methoxy groups -OCH3 is 1. The van der Waals surface area contributed by atoms with Crippen LogP contribution in [0.1, 0.15) is 18.9 Å². The molecule has 8 nitrogen and oxygen atoms in total. The standard InChI is InChI=1S/C26H27B3ClNO7/c1-13-15(14(2)32)8-17-21(31(13)24(27)25(28,33)26(24,29)34)16-9-18(30)20(37-7-5-6-35-4)10-19(16)38-22(17)23(3)11-36-12-23/h8-10,22,32-34H,1-2,5-7,11-12H2,3-4H3. The second kappa shape index (κ2) is 8.86. The fourth-order valence-corrected chi connectivity index (χ4v) is 5.55. The number of ether oxygens (including phenoxy) is 4. The maximum Gasteiger partial charge on any atom is 0.141 e. The van der Waals surface area contributed by atoms with Crippen molar-refractivity contribution in [1.29, 1.82) is 0 Å². The molecule has 12 heteroatoms. The van der Waals surface area contributed by atoms with E-state index in [0.717, 1.165) is 0 Å². The molecule has 3 atom stereocenters. The second-order valence-corrected chi connectivity index (χ2v) is 10.9. The minimum Gasteiger partial charge on any atom is -0.508 e. The minimum atomic E-state index is -2.44. The van der Waals surface area contributed by atoms with Crippen molar-refractivity contribution in [3.63, 3.8) is 0 Å². The van der Waals surface area contributed by atoms with Crippen LogP contribution in [0.2, 0.25) is 5.02 Å². The van der Waals surface area contributed by atoms with Gasteiger partial charge in [0.15, 0.2) is 0 Å². The quantitative estimate of drug-likeness (QED) is 0.264. The number of halogens is 1. The van der Waals surface area contributed by atoms with E-state index in [0.29, 0.717) is 61.2 Å². The minimum absolute atomic E-state index is 0.113. The molecule has 3 heterocycles. The van der Waals surface area contributed by atoms with E-state index < -0.39 is 28.0 Å². The molecule has 3 N–H and O–H groups in total. The summed E-state index contributed by atoms with van der Waals surface area (Å²) in [6.07, 6.45) is 1.74. The van der Waals surface area contributed by atoms with Crippen LogP contribution >= 0.6 is 11.6 Å². The summed E-state index contributed by atoms with van der Waals surface area (Å²) < 4.78 is 23.0. The second-order valence-electron chi connectivity index (χ2n) is 10.5. The molecule has 38 heavy (non-hydrogen) atoms. The first-order chi connectivity index (χ1) is 17.7. The van der Waals surface area contributed by atoms with Crippen molar-refractivity contribution in [2.75, 3.05) is 33.5 Å². The number of hydrogen-bond acceptors (Lipinski definition) is 8. The van der Waals surface area contributed by atoms with Gasteiger partial charge in [0.25, 0.3) is 0 Å². The van der Waals surface area contributed by atoms with Crippen LogP contribution in [0.3, 0.4) is 0 Å². The Kier molecular flexibility index (Phi) is 6.36. The predicted molar refractivity (Wildman–Crippen MR) is 144 cm³/mol. The lowest BCUT2D eigenvalue weighted by Crippen LogP contribution is -2.55. The Balaban J connectivity index is 1.72. The third-order valence-electron chi connectivity index (χ3n) is 7.79. The van der Waals surface area contributed by atoms with Gasteiger partial charge in [0.05, 0.1) is 47.0 Å². The van der Waals surface area contributed by atoms with Gasteiger partial charge in [-0.3, -0.25) is 0 Å². The van der Waals surface area contributed by atoms with Crippen molar-refractivity contribution in [2.45, 2.75) is 35.9 Å². The Morgan fingerprint density at radius 1 is 1.21 bits per heavy atom.